The molecule has 0 amide bonds. The molecular weight excluding hydrogens is 184 g/mol. The van der Waals surface area contributed by atoms with Gasteiger partial charge in [-0.2, -0.15) is 0 Å². The maximum atomic E-state index is 10.0. The molecule has 0 aromatic carbocycles. The van der Waals surface area contributed by atoms with Crippen LogP contribution in [0.15, 0.2) is 37.0 Å². The van der Waals surface area contributed by atoms with Crippen LogP contribution >= 0.6 is 0 Å². The number of allylic oxidation sites excluding steroid dienone is 5. The van der Waals surface area contributed by atoms with Gasteiger partial charge in [0, 0.05) is 6.42 Å². The predicted octanol–water partition coefficient (Wildman–Crippen LogP) is 4.21. The predicted molar refractivity (Wildman–Crippen MR) is 66.9 cm³/mol. The first-order valence-electron chi connectivity index (χ1n) is 5.79. The first-order chi connectivity index (χ1) is 7.41. The van der Waals surface area contributed by atoms with Crippen molar-refractivity contribution in [2.75, 3.05) is 0 Å². The van der Waals surface area contributed by atoms with Gasteiger partial charge in [0.15, 0.2) is 0 Å². The van der Waals surface area contributed by atoms with Gasteiger partial charge in [-0.3, -0.25) is 0 Å². The maximum Gasteiger partial charge on any atom is 0.119 e. The smallest absolute Gasteiger partial charge is 0.119 e. The second-order valence-electron chi connectivity index (χ2n) is 3.56. The number of carbonyl (C=O) groups excluding carboxylic acids is 1. The molecule has 0 heterocycles. The van der Waals surface area contributed by atoms with E-state index in [4.69, 9.17) is 0 Å². The van der Waals surface area contributed by atoms with Crippen molar-refractivity contribution < 1.29 is 4.79 Å². The molecule has 0 unspecified atom stereocenters. The molecule has 0 aromatic heterocycles. The lowest BCUT2D eigenvalue weighted by Crippen LogP contribution is -1.79. The van der Waals surface area contributed by atoms with E-state index in [1.165, 1.54) is 25.7 Å². The minimum atomic E-state index is 0.728. The van der Waals surface area contributed by atoms with Gasteiger partial charge in [0.2, 0.25) is 0 Å². The van der Waals surface area contributed by atoms with Crippen LogP contribution < -0.4 is 0 Å². The quantitative estimate of drug-likeness (QED) is 0.297. The Kier molecular flexibility index (Phi) is 11.9. The molecule has 1 heteroatoms. The first kappa shape index (κ1) is 13.9. The molecule has 0 saturated carbocycles. The van der Waals surface area contributed by atoms with Gasteiger partial charge in [0.05, 0.1) is 0 Å². The number of hydrogen-bond acceptors (Lipinski definition) is 1. The molecule has 0 aliphatic carbocycles. The average molecular weight is 206 g/mol. The normalized spacial score (nSPS) is 11.2. The highest BCUT2D eigenvalue weighted by molar-refractivity contribution is 5.48. The second-order valence-corrected chi connectivity index (χ2v) is 3.56. The van der Waals surface area contributed by atoms with E-state index in [1.807, 2.05) is 12.2 Å². The topological polar surface area (TPSA) is 17.1 Å². The lowest BCUT2D eigenvalue weighted by Gasteiger charge is -1.96. The summed E-state index contributed by atoms with van der Waals surface area (Å²) in [6.45, 7) is 3.60. The minimum Gasteiger partial charge on any atom is -0.303 e. The SMILES string of the molecule is C=CC=C/C=C\CCCCCCCC=O. The Balaban J connectivity index is 3.10. The largest absolute Gasteiger partial charge is 0.303 e. The van der Waals surface area contributed by atoms with Crippen LogP contribution in [-0.4, -0.2) is 6.29 Å². The van der Waals surface area contributed by atoms with E-state index in [-0.39, 0.29) is 0 Å². The minimum absolute atomic E-state index is 0.728. The summed E-state index contributed by atoms with van der Waals surface area (Å²) in [5.41, 5.74) is 0. The van der Waals surface area contributed by atoms with Crippen LogP contribution in [0.1, 0.15) is 44.9 Å². The van der Waals surface area contributed by atoms with Gasteiger partial charge >= 0.3 is 0 Å². The third-order valence-corrected chi connectivity index (χ3v) is 2.19. The fourth-order valence-electron chi connectivity index (χ4n) is 1.34. The summed E-state index contributed by atoms with van der Waals surface area (Å²) in [5.74, 6) is 0. The van der Waals surface area contributed by atoms with Gasteiger partial charge in [-0.1, -0.05) is 56.2 Å². The Morgan fingerprint density at radius 1 is 0.800 bits per heavy atom. The highest BCUT2D eigenvalue weighted by Crippen LogP contribution is 2.06. The molecule has 0 aliphatic heterocycles. The second kappa shape index (κ2) is 12.9. The van der Waals surface area contributed by atoms with Crippen LogP contribution in [0.3, 0.4) is 0 Å². The first-order valence-corrected chi connectivity index (χ1v) is 5.79. The van der Waals surface area contributed by atoms with E-state index in [9.17, 15) is 4.79 Å². The summed E-state index contributed by atoms with van der Waals surface area (Å²) in [5, 5.41) is 0. The van der Waals surface area contributed by atoms with E-state index in [0.29, 0.717) is 0 Å². The monoisotopic (exact) mass is 206 g/mol. The van der Waals surface area contributed by atoms with Gasteiger partial charge in [-0.05, 0) is 19.3 Å². The van der Waals surface area contributed by atoms with Crippen molar-refractivity contribution in [1.29, 1.82) is 0 Å². The standard InChI is InChI=1S/C14H22O/c1-2-3-4-5-6-7-8-9-10-11-12-13-14-15/h2-6,14H,1,7-13H2/b4-3?,6-5-. The van der Waals surface area contributed by atoms with E-state index in [0.717, 1.165) is 25.5 Å². The van der Waals surface area contributed by atoms with Crippen molar-refractivity contribution in [1.82, 2.24) is 0 Å². The van der Waals surface area contributed by atoms with Crippen LogP contribution in [-0.2, 0) is 4.79 Å². The zero-order chi connectivity index (χ0) is 11.2. The lowest BCUT2D eigenvalue weighted by atomic mass is 10.1. The summed E-state index contributed by atoms with van der Waals surface area (Å²) in [6.07, 6.45) is 18.9. The molecule has 0 atom stereocenters. The molecule has 0 N–H and O–H groups in total. The Morgan fingerprint density at radius 3 is 2.13 bits per heavy atom. The number of hydrogen-bond donors (Lipinski definition) is 0. The summed E-state index contributed by atoms with van der Waals surface area (Å²) >= 11 is 0. The number of aldehydes is 1. The van der Waals surface area contributed by atoms with Crippen LogP contribution in [0.5, 0.6) is 0 Å². The van der Waals surface area contributed by atoms with Crippen molar-refractivity contribution in [3.63, 3.8) is 0 Å². The van der Waals surface area contributed by atoms with Crippen molar-refractivity contribution >= 4 is 6.29 Å². The summed E-state index contributed by atoms with van der Waals surface area (Å²) in [7, 11) is 0. The molecule has 0 saturated heterocycles. The molecule has 0 aliphatic rings. The van der Waals surface area contributed by atoms with Gasteiger partial charge < -0.3 is 4.79 Å². The highest BCUT2D eigenvalue weighted by atomic mass is 16.1. The van der Waals surface area contributed by atoms with Gasteiger partial charge in [0.25, 0.3) is 0 Å². The molecule has 1 nitrogen and oxygen atoms in total. The van der Waals surface area contributed by atoms with Crippen molar-refractivity contribution in [3.05, 3.63) is 37.0 Å². The molecule has 0 spiro atoms. The summed E-state index contributed by atoms with van der Waals surface area (Å²) < 4.78 is 0. The zero-order valence-corrected chi connectivity index (χ0v) is 9.53. The van der Waals surface area contributed by atoms with E-state index in [1.54, 1.807) is 6.08 Å². The number of carbonyl (C=O) groups is 1. The molecule has 0 rings (SSSR count). The van der Waals surface area contributed by atoms with E-state index in [2.05, 4.69) is 18.7 Å². The highest BCUT2D eigenvalue weighted by Gasteiger charge is 1.88. The summed E-state index contributed by atoms with van der Waals surface area (Å²) in [6, 6.07) is 0. The van der Waals surface area contributed by atoms with Crippen molar-refractivity contribution in [2.24, 2.45) is 0 Å². The van der Waals surface area contributed by atoms with Gasteiger partial charge in [0.1, 0.15) is 6.29 Å². The van der Waals surface area contributed by atoms with Crippen LogP contribution in [0.4, 0.5) is 0 Å². The molecule has 0 fully saturated rings. The molecule has 0 bridgehead atoms. The fraction of sp³-hybridized carbons (Fsp3) is 0.500. The molecule has 15 heavy (non-hydrogen) atoms. The van der Waals surface area contributed by atoms with E-state index < -0.39 is 0 Å². The summed E-state index contributed by atoms with van der Waals surface area (Å²) in [4.78, 5) is 10.0. The average Bonchev–Trinajstić information content (AvgIpc) is 2.26. The van der Waals surface area contributed by atoms with Gasteiger partial charge in [-0.15, -0.1) is 0 Å². The molecule has 0 aromatic rings. The molecular formula is C14H22O. The lowest BCUT2D eigenvalue weighted by molar-refractivity contribution is -0.107. The third-order valence-electron chi connectivity index (χ3n) is 2.19. The fourth-order valence-corrected chi connectivity index (χ4v) is 1.34. The number of rotatable bonds is 10. The Bertz CT molecular complexity index is 201. The van der Waals surface area contributed by atoms with Crippen LogP contribution in [0.25, 0.3) is 0 Å². The molecule has 84 valence electrons. The maximum absolute atomic E-state index is 10.0. The van der Waals surface area contributed by atoms with Crippen molar-refractivity contribution in [3.8, 4) is 0 Å². The molecule has 0 radical (unpaired) electrons. The Labute approximate surface area is 93.6 Å². The number of unbranched alkanes of at least 4 members (excludes halogenated alkanes) is 6. The third kappa shape index (κ3) is 12.9. The zero-order valence-electron chi connectivity index (χ0n) is 9.53. The van der Waals surface area contributed by atoms with Crippen LogP contribution in [0.2, 0.25) is 0 Å². The van der Waals surface area contributed by atoms with Gasteiger partial charge in [-0.25, -0.2) is 0 Å². The van der Waals surface area contributed by atoms with Crippen LogP contribution in [0, 0.1) is 0 Å². The van der Waals surface area contributed by atoms with E-state index >= 15 is 0 Å². The van der Waals surface area contributed by atoms with Crippen molar-refractivity contribution in [2.45, 2.75) is 44.9 Å². The Hall–Kier alpha value is -1.11. The Morgan fingerprint density at radius 2 is 1.47 bits per heavy atom.